The Kier molecular flexibility index (Phi) is 20.2. The second kappa shape index (κ2) is 31.1. The summed E-state index contributed by atoms with van der Waals surface area (Å²) in [6.45, 7) is 47.7. The number of imide groups is 2. The quantitative estimate of drug-likeness (QED) is 0.0401. The van der Waals surface area contributed by atoms with Crippen LogP contribution >= 0.6 is 25.3 Å². The molecule has 2 aliphatic heterocycles. The molecule has 0 radical (unpaired) electrons. The second-order valence-electron chi connectivity index (χ2n) is 43.9. The van der Waals surface area contributed by atoms with Crippen LogP contribution in [0.2, 0.25) is 0 Å². The zero-order valence-electron chi connectivity index (χ0n) is 81.6. The molecule has 2 aliphatic carbocycles. The van der Waals surface area contributed by atoms with Crippen molar-refractivity contribution in [3.05, 3.63) is 307 Å². The average Bonchev–Trinajstić information content (AvgIpc) is 1.20. The van der Waals surface area contributed by atoms with Gasteiger partial charge in [-0.1, -0.05) is 260 Å². The SMILES string of the molecule is Cc1cc2c(cc1CCc1cc3c(cc1C)-c1ccc4c5c(Oc6ccc(C(C)(C)C)cc6)cc6c7c(cc(Oc8ccc(C(C)(C)C)cc8)c(c8ccc-3c1c48)c75)C(=O)N(c1c(C(C)C)cc(S)cc1C(C)C)C6=O)-c1ccc3c4c(Oc5ccc(C(C)(C)C)cc5)cc5c6c(cc(Oc7ccc(C(C)(C)C)cc7)c(c7ccc-2c1c73)c64)C(=O)N(c1c(C(C)C)cc(S)cc1C(C)C)C5=O. The molecule has 2 heterocycles. The molecule has 22 rings (SSSR count). The predicted molar refractivity (Wildman–Crippen MR) is 568 cm³/mol. The maximum Gasteiger partial charge on any atom is 0.266 e. The number of hydrogen-bond donors (Lipinski definition) is 2. The summed E-state index contributed by atoms with van der Waals surface area (Å²) in [7, 11) is 0. The van der Waals surface area contributed by atoms with E-state index in [1.165, 1.54) is 32.1 Å². The summed E-state index contributed by atoms with van der Waals surface area (Å²) in [5, 5.41) is 13.7. The molecule has 18 aromatic rings. The molecule has 18 aromatic carbocycles. The lowest BCUT2D eigenvalue weighted by Crippen LogP contribution is -2.42. The van der Waals surface area contributed by atoms with E-state index in [0.29, 0.717) is 90.4 Å². The monoisotopic (exact) mass is 1820 g/mol. The number of anilines is 2. The molecule has 0 fully saturated rings. The van der Waals surface area contributed by atoms with Crippen molar-refractivity contribution < 1.29 is 38.1 Å². The zero-order chi connectivity index (χ0) is 95.5. The van der Waals surface area contributed by atoms with Crippen LogP contribution in [-0.4, -0.2) is 23.6 Å². The van der Waals surface area contributed by atoms with E-state index in [9.17, 15) is 0 Å². The molecular weight excluding hydrogens is 1710 g/mol. The summed E-state index contributed by atoms with van der Waals surface area (Å²) >= 11 is 9.83. The lowest BCUT2D eigenvalue weighted by Gasteiger charge is -2.34. The molecule has 0 N–H and O–H groups in total. The molecule has 4 aliphatic rings. The Labute approximate surface area is 806 Å². The third-order valence-corrected chi connectivity index (χ3v) is 30.1. The number of fused-ring (bicyclic) bond motifs is 10. The molecule has 12 heteroatoms. The number of rotatable bonds is 17. The van der Waals surface area contributed by atoms with E-state index in [1.807, 2.05) is 97.1 Å². The first kappa shape index (κ1) is 88.0. The molecule has 0 atom stereocenters. The summed E-state index contributed by atoms with van der Waals surface area (Å²) < 4.78 is 29.5. The van der Waals surface area contributed by atoms with Crippen LogP contribution in [0, 0.1) is 13.8 Å². The Morgan fingerprint density at radius 1 is 0.250 bits per heavy atom. The van der Waals surface area contributed by atoms with E-state index in [2.05, 4.69) is 274 Å². The first-order valence-electron chi connectivity index (χ1n) is 48.1. The molecule has 4 amide bonds. The van der Waals surface area contributed by atoms with Crippen molar-refractivity contribution >= 4 is 146 Å². The van der Waals surface area contributed by atoms with Gasteiger partial charge in [0.15, 0.2) is 0 Å². The third-order valence-electron chi connectivity index (χ3n) is 29.6. The van der Waals surface area contributed by atoms with E-state index in [-0.39, 0.29) is 45.3 Å². The lowest BCUT2D eigenvalue weighted by atomic mass is 9.82. The van der Waals surface area contributed by atoms with Gasteiger partial charge in [-0.15, -0.1) is 25.3 Å². The minimum atomic E-state index is -0.426. The van der Waals surface area contributed by atoms with Gasteiger partial charge >= 0.3 is 0 Å². The molecule has 136 heavy (non-hydrogen) atoms. The van der Waals surface area contributed by atoms with E-state index in [0.717, 1.165) is 187 Å². The number of ether oxygens (including phenoxy) is 4. The highest BCUT2D eigenvalue weighted by molar-refractivity contribution is 7.80. The topological polar surface area (TPSA) is 112 Å². The predicted octanol–water partition coefficient (Wildman–Crippen LogP) is 34.5. The van der Waals surface area contributed by atoms with Crippen LogP contribution in [0.25, 0.3) is 131 Å². The summed E-state index contributed by atoms with van der Waals surface area (Å²) in [6.07, 6.45) is 1.54. The highest BCUT2D eigenvalue weighted by Crippen LogP contribution is 2.62. The Morgan fingerprint density at radius 2 is 0.471 bits per heavy atom. The number of thiol groups is 2. The van der Waals surface area contributed by atoms with E-state index in [1.54, 1.807) is 0 Å². The molecule has 0 saturated carbocycles. The first-order chi connectivity index (χ1) is 64.6. The fourth-order valence-corrected chi connectivity index (χ4v) is 23.0. The highest BCUT2D eigenvalue weighted by atomic mass is 32.1. The second-order valence-corrected chi connectivity index (χ2v) is 45.0. The summed E-state index contributed by atoms with van der Waals surface area (Å²) in [4.78, 5) is 69.7. The third kappa shape index (κ3) is 13.7. The van der Waals surface area contributed by atoms with Crippen LogP contribution < -0.4 is 28.7 Å². The van der Waals surface area contributed by atoms with Gasteiger partial charge in [0, 0.05) is 52.9 Å². The van der Waals surface area contributed by atoms with Crippen molar-refractivity contribution in [1.29, 1.82) is 0 Å². The van der Waals surface area contributed by atoms with Gasteiger partial charge in [-0.05, 0) is 323 Å². The highest BCUT2D eigenvalue weighted by Gasteiger charge is 2.45. The molecule has 0 saturated heterocycles. The van der Waals surface area contributed by atoms with Gasteiger partial charge < -0.3 is 18.9 Å². The fraction of sp³-hybridized carbons (Fsp3) is 0.258. The number of amides is 4. The van der Waals surface area contributed by atoms with Gasteiger partial charge in [-0.25, -0.2) is 9.80 Å². The van der Waals surface area contributed by atoms with E-state index < -0.39 is 23.6 Å². The number of benzene rings is 18. The number of hydrogen-bond acceptors (Lipinski definition) is 10. The number of carbonyl (C=O) groups excluding carboxylic acids is 4. The molecule has 10 nitrogen and oxygen atoms in total. The van der Waals surface area contributed by atoms with Crippen molar-refractivity contribution in [3.8, 4) is 90.5 Å². The van der Waals surface area contributed by atoms with Crippen LogP contribution in [-0.2, 0) is 34.5 Å². The number of nitrogens with zero attached hydrogens (tertiary/aromatic N) is 2. The van der Waals surface area contributed by atoms with Gasteiger partial charge in [0.2, 0.25) is 0 Å². The van der Waals surface area contributed by atoms with Gasteiger partial charge in [-0.3, -0.25) is 19.2 Å². The van der Waals surface area contributed by atoms with Gasteiger partial charge in [-0.2, -0.15) is 0 Å². The smallest absolute Gasteiger partial charge is 0.266 e. The van der Waals surface area contributed by atoms with Gasteiger partial charge in [0.25, 0.3) is 23.6 Å². The molecule has 0 aromatic heterocycles. The normalized spacial score (nSPS) is 13.8. The molecular formula is C124H112N2O8S2. The lowest BCUT2D eigenvalue weighted by molar-refractivity contribution is 0.0877. The van der Waals surface area contributed by atoms with Gasteiger partial charge in [0.1, 0.15) is 46.0 Å². The molecule has 0 spiro atoms. The Bertz CT molecular complexity index is 7480. The Hall–Kier alpha value is -13.3. The fourth-order valence-electron chi connectivity index (χ4n) is 22.4. The van der Waals surface area contributed by atoms with Crippen molar-refractivity contribution in [2.24, 2.45) is 0 Å². The van der Waals surface area contributed by atoms with E-state index >= 15 is 19.2 Å². The standard InChI is InChI=1S/C124H112N2O8S2/c1-61(2)87-53-77(135)54-88(62(3)4)115(87)125-117(127)95-57-99(131-73-33-25-69(26-34-73)121(11,12)13)109-83-45-41-79-91-49-65(9)67(51-93(91)81-43-47-85(105(83)103(79)81)111-101(59-97(119(125)129)107(95)113(109)111)133-75-37-29-71(30-38-75)123(17,18)19)23-24-68-52-94-82-44-48-86-106-84(46-42-80(104(82)106)92(94)50-66(68)10)110-100(132-74-35-27-70(28-36-74)122(14,15)16)58-96-108-98(60-102(112(86)114(108)110)134-76-39-31-72(32-40-76)124(20,21)22)120(130)126(118(96)128)116-89(63(5)6)55-78(136)56-90(116)64(7)8/h25-64,135-136H,23-24H2,1-22H3. The summed E-state index contributed by atoms with van der Waals surface area (Å²) in [5.74, 6) is 2.44. The molecule has 0 bridgehead atoms. The largest absolute Gasteiger partial charge is 0.457 e. The van der Waals surface area contributed by atoms with Crippen molar-refractivity contribution in [1.82, 2.24) is 0 Å². The number of carbonyl (C=O) groups is 4. The van der Waals surface area contributed by atoms with Crippen LogP contribution in [0.15, 0.2) is 228 Å². The van der Waals surface area contributed by atoms with Crippen molar-refractivity contribution in [2.45, 2.75) is 220 Å². The molecule has 678 valence electrons. The summed E-state index contributed by atoms with van der Waals surface area (Å²) in [6, 6.07) is 76.5. The molecule has 0 unspecified atom stereocenters. The number of aryl methyl sites for hydroxylation is 4. The minimum Gasteiger partial charge on any atom is -0.457 e. The van der Waals surface area contributed by atoms with Crippen LogP contribution in [0.1, 0.15) is 270 Å². The zero-order valence-corrected chi connectivity index (χ0v) is 83.4. The van der Waals surface area contributed by atoms with Crippen molar-refractivity contribution in [3.63, 3.8) is 0 Å². The summed E-state index contributed by atoms with van der Waals surface area (Å²) in [5.41, 5.74) is 24.2. The van der Waals surface area contributed by atoms with Gasteiger partial charge in [0.05, 0.1) is 33.6 Å². The maximum absolute atomic E-state index is 16.3. The minimum absolute atomic E-state index is 0.0644. The Morgan fingerprint density at radius 3 is 0.691 bits per heavy atom. The average molecular weight is 1820 g/mol. The first-order valence-corrected chi connectivity index (χ1v) is 49.0. The van der Waals surface area contributed by atoms with Crippen molar-refractivity contribution in [2.75, 3.05) is 9.80 Å². The van der Waals surface area contributed by atoms with Crippen LogP contribution in [0.4, 0.5) is 11.4 Å². The maximum atomic E-state index is 16.3. The van der Waals surface area contributed by atoms with Crippen LogP contribution in [0.5, 0.6) is 46.0 Å². The Balaban J connectivity index is 0.691. The van der Waals surface area contributed by atoms with Crippen LogP contribution in [0.3, 0.4) is 0 Å². The van der Waals surface area contributed by atoms with E-state index in [4.69, 9.17) is 44.2 Å².